The number of carbonyl (C=O) groups is 1. The van der Waals surface area contributed by atoms with Gasteiger partial charge in [-0.3, -0.25) is 0 Å². The van der Waals surface area contributed by atoms with E-state index in [2.05, 4.69) is 5.32 Å². The van der Waals surface area contributed by atoms with E-state index in [1.54, 1.807) is 16.2 Å². The summed E-state index contributed by atoms with van der Waals surface area (Å²) in [7, 11) is 0. The maximum Gasteiger partial charge on any atom is 0.410 e. The minimum atomic E-state index is -0.469. The average Bonchev–Trinajstić information content (AvgIpc) is 2.71. The fourth-order valence-electron chi connectivity index (χ4n) is 1.78. The van der Waals surface area contributed by atoms with Crippen LogP contribution in [0.25, 0.3) is 0 Å². The van der Waals surface area contributed by atoms with Gasteiger partial charge in [0, 0.05) is 36.2 Å². The van der Waals surface area contributed by atoms with Gasteiger partial charge in [-0.2, -0.15) is 0 Å². The van der Waals surface area contributed by atoms with E-state index >= 15 is 0 Å². The first-order chi connectivity index (χ1) is 9.70. The van der Waals surface area contributed by atoms with Gasteiger partial charge in [-0.25, -0.2) is 4.79 Å². The van der Waals surface area contributed by atoms with Crippen molar-refractivity contribution in [1.29, 1.82) is 0 Å². The molecule has 1 aromatic rings. The van der Waals surface area contributed by atoms with E-state index in [9.17, 15) is 4.79 Å². The van der Waals surface area contributed by atoms with Crippen LogP contribution in [0.3, 0.4) is 0 Å². The highest BCUT2D eigenvalue weighted by atomic mass is 32.1. The molecular weight excluding hydrogens is 286 g/mol. The van der Waals surface area contributed by atoms with Gasteiger partial charge in [0.25, 0.3) is 0 Å². The highest BCUT2D eigenvalue weighted by Crippen LogP contribution is 2.18. The fourth-order valence-corrected chi connectivity index (χ4v) is 2.54. The molecule has 0 aromatic carbocycles. The summed E-state index contributed by atoms with van der Waals surface area (Å²) < 4.78 is 5.42. The molecule has 1 heterocycles. The van der Waals surface area contributed by atoms with Crippen molar-refractivity contribution in [2.75, 3.05) is 18.8 Å². The summed E-state index contributed by atoms with van der Waals surface area (Å²) >= 11 is 1.64. The summed E-state index contributed by atoms with van der Waals surface area (Å²) in [5, 5.41) is 5.29. The lowest BCUT2D eigenvalue weighted by molar-refractivity contribution is 0.0193. The van der Waals surface area contributed by atoms with Gasteiger partial charge in [0.1, 0.15) is 5.60 Å². The van der Waals surface area contributed by atoms with Crippen LogP contribution >= 0.6 is 11.3 Å². The highest BCUT2D eigenvalue weighted by molar-refractivity contribution is 7.10. The number of nitrogen functional groups attached to an aromatic ring is 1. The second-order valence-corrected chi connectivity index (χ2v) is 7.24. The third kappa shape index (κ3) is 6.35. The van der Waals surface area contributed by atoms with Crippen LogP contribution in [0.5, 0.6) is 0 Å². The summed E-state index contributed by atoms with van der Waals surface area (Å²) in [6.07, 6.45) is -0.269. The van der Waals surface area contributed by atoms with Crippen molar-refractivity contribution in [2.45, 2.75) is 52.8 Å². The van der Waals surface area contributed by atoms with E-state index in [1.807, 2.05) is 46.1 Å². The summed E-state index contributed by atoms with van der Waals surface area (Å²) in [5.41, 5.74) is 6.18. The van der Waals surface area contributed by atoms with Crippen LogP contribution in [0, 0.1) is 0 Å². The maximum absolute atomic E-state index is 12.1. The van der Waals surface area contributed by atoms with Gasteiger partial charge in [0.15, 0.2) is 0 Å². The summed E-state index contributed by atoms with van der Waals surface area (Å²) in [5.74, 6) is 0. The number of hydrogen-bond acceptors (Lipinski definition) is 5. The van der Waals surface area contributed by atoms with Crippen LogP contribution in [-0.2, 0) is 11.3 Å². The molecule has 0 saturated carbocycles. The Balaban J connectivity index is 2.41. The van der Waals surface area contributed by atoms with E-state index in [4.69, 9.17) is 10.5 Å². The van der Waals surface area contributed by atoms with Crippen molar-refractivity contribution in [2.24, 2.45) is 0 Å². The van der Waals surface area contributed by atoms with Crippen molar-refractivity contribution in [3.8, 4) is 0 Å². The van der Waals surface area contributed by atoms with Crippen molar-refractivity contribution in [3.05, 3.63) is 16.3 Å². The van der Waals surface area contributed by atoms with Gasteiger partial charge in [-0.05, 0) is 46.1 Å². The van der Waals surface area contributed by atoms with Crippen LogP contribution in [0.4, 0.5) is 10.5 Å². The van der Waals surface area contributed by atoms with E-state index < -0.39 is 5.60 Å². The maximum atomic E-state index is 12.1. The zero-order valence-electron chi connectivity index (χ0n) is 13.6. The number of nitrogens with two attached hydrogens (primary N) is 1. The van der Waals surface area contributed by atoms with Crippen molar-refractivity contribution >= 4 is 23.1 Å². The molecule has 0 unspecified atom stereocenters. The molecule has 0 atom stereocenters. The molecule has 3 N–H and O–H groups in total. The molecule has 0 aliphatic heterocycles. The second kappa shape index (κ2) is 7.66. The number of ether oxygens (including phenoxy) is 1. The van der Waals surface area contributed by atoms with Gasteiger partial charge in [-0.1, -0.05) is 0 Å². The SMILES string of the molecule is CC(C)N(CCNCc1sccc1N)C(=O)OC(C)(C)C. The lowest BCUT2D eigenvalue weighted by atomic mass is 10.2. The van der Waals surface area contributed by atoms with E-state index in [1.165, 1.54) is 0 Å². The van der Waals surface area contributed by atoms with Gasteiger partial charge >= 0.3 is 6.09 Å². The Morgan fingerprint density at radius 3 is 2.62 bits per heavy atom. The molecule has 0 aliphatic carbocycles. The Labute approximate surface area is 131 Å². The largest absolute Gasteiger partial charge is 0.444 e. The number of amides is 1. The third-order valence-corrected chi connectivity index (χ3v) is 3.78. The molecule has 1 rings (SSSR count). The lowest BCUT2D eigenvalue weighted by Crippen LogP contribution is -2.44. The Morgan fingerprint density at radius 1 is 1.48 bits per heavy atom. The molecule has 0 fully saturated rings. The zero-order chi connectivity index (χ0) is 16.0. The minimum absolute atomic E-state index is 0.105. The molecule has 1 aromatic heterocycles. The predicted molar refractivity (Wildman–Crippen MR) is 88.5 cm³/mol. The smallest absolute Gasteiger partial charge is 0.410 e. The van der Waals surface area contributed by atoms with Gasteiger partial charge < -0.3 is 20.7 Å². The molecule has 0 aliphatic rings. The van der Waals surface area contributed by atoms with Gasteiger partial charge in [-0.15, -0.1) is 11.3 Å². The molecule has 0 bridgehead atoms. The van der Waals surface area contributed by atoms with Crippen LogP contribution < -0.4 is 11.1 Å². The Kier molecular flexibility index (Phi) is 6.48. The molecule has 120 valence electrons. The molecule has 6 heteroatoms. The third-order valence-electron chi connectivity index (χ3n) is 2.85. The van der Waals surface area contributed by atoms with Crippen molar-refractivity contribution in [1.82, 2.24) is 10.2 Å². The number of nitrogens with one attached hydrogen (secondary N) is 1. The van der Waals surface area contributed by atoms with E-state index in [-0.39, 0.29) is 12.1 Å². The quantitative estimate of drug-likeness (QED) is 0.792. The molecular formula is C15H27N3O2S. The van der Waals surface area contributed by atoms with Crippen LogP contribution in [0.15, 0.2) is 11.4 Å². The number of carbonyl (C=O) groups excluding carboxylic acids is 1. The monoisotopic (exact) mass is 313 g/mol. The van der Waals surface area contributed by atoms with E-state index in [0.29, 0.717) is 13.1 Å². The number of rotatable bonds is 6. The normalized spacial score (nSPS) is 11.7. The van der Waals surface area contributed by atoms with Crippen LogP contribution in [-0.4, -0.2) is 35.7 Å². The van der Waals surface area contributed by atoms with Crippen LogP contribution in [0.1, 0.15) is 39.5 Å². The molecule has 5 nitrogen and oxygen atoms in total. The summed E-state index contributed by atoms with van der Waals surface area (Å²) in [6.45, 7) is 11.6. The first-order valence-electron chi connectivity index (χ1n) is 7.23. The number of nitrogens with zero attached hydrogens (tertiary/aromatic N) is 1. The molecule has 1 amide bonds. The fraction of sp³-hybridized carbons (Fsp3) is 0.667. The summed E-state index contributed by atoms with van der Waals surface area (Å²) in [6, 6.07) is 2.01. The molecule has 0 saturated heterocycles. The number of thiophene rings is 1. The Bertz CT molecular complexity index is 452. The summed E-state index contributed by atoms with van der Waals surface area (Å²) in [4.78, 5) is 15.0. The highest BCUT2D eigenvalue weighted by Gasteiger charge is 2.23. The second-order valence-electron chi connectivity index (χ2n) is 6.24. The molecule has 0 spiro atoms. The molecule has 0 radical (unpaired) electrons. The minimum Gasteiger partial charge on any atom is -0.444 e. The standard InChI is InChI=1S/C15H27N3O2S/c1-11(2)18(14(19)20-15(3,4)5)8-7-17-10-13-12(16)6-9-21-13/h6,9,11,17H,7-8,10,16H2,1-5H3. The van der Waals surface area contributed by atoms with Crippen LogP contribution in [0.2, 0.25) is 0 Å². The first kappa shape index (κ1) is 17.8. The Hall–Kier alpha value is -1.27. The number of hydrogen-bond donors (Lipinski definition) is 2. The molecule has 21 heavy (non-hydrogen) atoms. The number of anilines is 1. The van der Waals surface area contributed by atoms with Gasteiger partial charge in [0.05, 0.1) is 0 Å². The van der Waals surface area contributed by atoms with E-state index in [0.717, 1.165) is 17.1 Å². The zero-order valence-corrected chi connectivity index (χ0v) is 14.4. The van der Waals surface area contributed by atoms with Crippen molar-refractivity contribution < 1.29 is 9.53 Å². The topological polar surface area (TPSA) is 67.6 Å². The van der Waals surface area contributed by atoms with Crippen molar-refractivity contribution in [3.63, 3.8) is 0 Å². The lowest BCUT2D eigenvalue weighted by Gasteiger charge is -2.30. The predicted octanol–water partition coefficient (Wildman–Crippen LogP) is 3.07. The first-order valence-corrected chi connectivity index (χ1v) is 8.11. The Morgan fingerprint density at radius 2 is 2.14 bits per heavy atom. The van der Waals surface area contributed by atoms with Gasteiger partial charge in [0.2, 0.25) is 0 Å². The average molecular weight is 313 g/mol.